The van der Waals surface area contributed by atoms with E-state index in [1.54, 1.807) is 25.4 Å². The van der Waals surface area contributed by atoms with Crippen molar-refractivity contribution in [3.63, 3.8) is 0 Å². The monoisotopic (exact) mass is 393 g/mol. The van der Waals surface area contributed by atoms with Gasteiger partial charge in [-0.15, -0.1) is 0 Å². The zero-order valence-corrected chi connectivity index (χ0v) is 15.7. The van der Waals surface area contributed by atoms with Crippen LogP contribution in [0.4, 0.5) is 17.3 Å². The van der Waals surface area contributed by atoms with E-state index in [9.17, 15) is 13.5 Å². The predicted molar refractivity (Wildman–Crippen MR) is 102 cm³/mol. The number of aliphatic hydroxyl groups excluding tert-OH is 1. The molecule has 9 nitrogen and oxygen atoms in total. The fourth-order valence-corrected chi connectivity index (χ4v) is 3.45. The average Bonchev–Trinajstić information content (AvgIpc) is 2.62. The average molecular weight is 393 g/mol. The summed E-state index contributed by atoms with van der Waals surface area (Å²) in [5, 5.41) is 20.9. The van der Waals surface area contributed by atoms with Crippen LogP contribution in [-0.2, 0) is 10.0 Å². The highest BCUT2D eigenvalue weighted by molar-refractivity contribution is 7.89. The highest BCUT2D eigenvalue weighted by Gasteiger charge is 2.23. The summed E-state index contributed by atoms with van der Waals surface area (Å²) in [5.74, 6) is 0.707. The van der Waals surface area contributed by atoms with Crippen molar-refractivity contribution in [2.75, 3.05) is 17.7 Å². The first-order valence-corrected chi connectivity index (χ1v) is 10.2. The molecule has 1 heterocycles. The molecule has 1 aromatic heterocycles. The van der Waals surface area contributed by atoms with Gasteiger partial charge in [0.05, 0.1) is 17.2 Å². The molecule has 1 aromatic carbocycles. The lowest BCUT2D eigenvalue weighted by Gasteiger charge is -2.26. The second-order valence-electron chi connectivity index (χ2n) is 6.42. The fraction of sp³-hybridized carbons (Fsp3) is 0.412. The minimum absolute atomic E-state index is 0.0272. The summed E-state index contributed by atoms with van der Waals surface area (Å²) in [7, 11) is -1.99. The number of hydrogen-bond acceptors (Lipinski definition) is 8. The Morgan fingerprint density at radius 2 is 2.00 bits per heavy atom. The minimum Gasteiger partial charge on any atom is -0.473 e. The van der Waals surface area contributed by atoms with Crippen LogP contribution in [0.5, 0.6) is 5.88 Å². The standard InChI is InChI=1S/C17H23N5O4S/c1-19-15-10-20-17(21-11-5-7-14(8-6-11)27(18,24)25)22-16(15)26-13-4-2-3-12(23)9-13/h5-8,10,12-13,19,23H,2-4,9H2,1H3,(H2,18,24,25)(H,20,21,22)/t12-,13-/m1/s1. The van der Waals surface area contributed by atoms with Gasteiger partial charge in [0.1, 0.15) is 11.8 Å². The fourth-order valence-electron chi connectivity index (χ4n) is 2.93. The van der Waals surface area contributed by atoms with Crippen LogP contribution in [0.1, 0.15) is 25.7 Å². The van der Waals surface area contributed by atoms with Crippen LogP contribution < -0.4 is 20.5 Å². The van der Waals surface area contributed by atoms with Crippen molar-refractivity contribution < 1.29 is 18.3 Å². The summed E-state index contributed by atoms with van der Waals surface area (Å²) in [6, 6.07) is 5.96. The van der Waals surface area contributed by atoms with Crippen LogP contribution in [0.2, 0.25) is 0 Å². The molecular formula is C17H23N5O4S. The molecule has 2 aromatic rings. The lowest BCUT2D eigenvalue weighted by molar-refractivity contribution is 0.0518. The third-order valence-corrected chi connectivity index (χ3v) is 5.27. The summed E-state index contributed by atoms with van der Waals surface area (Å²) in [6.45, 7) is 0. The van der Waals surface area contributed by atoms with Gasteiger partial charge in [0.15, 0.2) is 0 Å². The van der Waals surface area contributed by atoms with Crippen molar-refractivity contribution in [3.05, 3.63) is 30.5 Å². The summed E-state index contributed by atoms with van der Waals surface area (Å²) < 4.78 is 28.6. The normalized spacial score (nSPS) is 20.1. The number of hydrogen-bond donors (Lipinski definition) is 4. The van der Waals surface area contributed by atoms with Gasteiger partial charge in [-0.05, 0) is 43.5 Å². The van der Waals surface area contributed by atoms with Gasteiger partial charge in [-0.3, -0.25) is 0 Å². The van der Waals surface area contributed by atoms with Crippen LogP contribution in [0.15, 0.2) is 35.4 Å². The lowest BCUT2D eigenvalue weighted by Crippen LogP contribution is -2.28. The number of ether oxygens (including phenoxy) is 1. The molecule has 27 heavy (non-hydrogen) atoms. The van der Waals surface area contributed by atoms with E-state index in [2.05, 4.69) is 20.6 Å². The minimum atomic E-state index is -3.74. The highest BCUT2D eigenvalue weighted by Crippen LogP contribution is 2.28. The number of nitrogens with one attached hydrogen (secondary N) is 2. The van der Waals surface area contributed by atoms with Crippen molar-refractivity contribution in [3.8, 4) is 5.88 Å². The first-order valence-electron chi connectivity index (χ1n) is 8.64. The molecule has 0 aliphatic heterocycles. The molecule has 1 aliphatic rings. The molecule has 0 bridgehead atoms. The van der Waals surface area contributed by atoms with E-state index in [1.165, 1.54) is 12.1 Å². The Kier molecular flexibility index (Phi) is 5.78. The number of nitrogens with two attached hydrogens (primary N) is 1. The number of nitrogens with zero attached hydrogens (tertiary/aromatic N) is 2. The smallest absolute Gasteiger partial charge is 0.242 e. The maximum Gasteiger partial charge on any atom is 0.242 e. The van der Waals surface area contributed by atoms with Gasteiger partial charge in [-0.1, -0.05) is 0 Å². The lowest BCUT2D eigenvalue weighted by atomic mass is 9.95. The molecule has 1 aliphatic carbocycles. The van der Waals surface area contributed by atoms with Gasteiger partial charge in [-0.2, -0.15) is 4.98 Å². The maximum atomic E-state index is 11.3. The van der Waals surface area contributed by atoms with E-state index >= 15 is 0 Å². The quantitative estimate of drug-likeness (QED) is 0.580. The summed E-state index contributed by atoms with van der Waals surface area (Å²) >= 11 is 0. The van der Waals surface area contributed by atoms with Crippen LogP contribution in [0.25, 0.3) is 0 Å². The van der Waals surface area contributed by atoms with Gasteiger partial charge in [0, 0.05) is 19.2 Å². The SMILES string of the molecule is CNc1cnc(Nc2ccc(S(N)(=O)=O)cc2)nc1O[C@@H]1CCC[C@@H](O)C1. The van der Waals surface area contributed by atoms with E-state index in [-0.39, 0.29) is 17.1 Å². The van der Waals surface area contributed by atoms with E-state index in [1.807, 2.05) is 0 Å². The molecule has 1 fully saturated rings. The van der Waals surface area contributed by atoms with E-state index in [4.69, 9.17) is 9.88 Å². The molecule has 0 amide bonds. The van der Waals surface area contributed by atoms with E-state index in [0.29, 0.717) is 29.6 Å². The first kappa shape index (κ1) is 19.3. The molecule has 0 radical (unpaired) electrons. The van der Waals surface area contributed by atoms with Crippen LogP contribution in [0.3, 0.4) is 0 Å². The number of sulfonamides is 1. The Balaban J connectivity index is 1.76. The molecular weight excluding hydrogens is 370 g/mol. The molecule has 10 heteroatoms. The molecule has 5 N–H and O–H groups in total. The Bertz CT molecular complexity index is 889. The Morgan fingerprint density at radius 3 is 2.63 bits per heavy atom. The molecule has 146 valence electrons. The van der Waals surface area contributed by atoms with Crippen molar-refractivity contribution in [1.29, 1.82) is 0 Å². The van der Waals surface area contributed by atoms with Crippen molar-refractivity contribution >= 4 is 27.3 Å². The van der Waals surface area contributed by atoms with Crippen molar-refractivity contribution in [2.45, 2.75) is 42.8 Å². The number of anilines is 3. The summed E-state index contributed by atoms with van der Waals surface area (Å²) in [6.07, 6.45) is 4.29. The van der Waals surface area contributed by atoms with Gasteiger partial charge in [-0.25, -0.2) is 18.5 Å². The van der Waals surface area contributed by atoms with E-state index < -0.39 is 10.0 Å². The second-order valence-corrected chi connectivity index (χ2v) is 7.98. The molecule has 0 unspecified atom stereocenters. The maximum absolute atomic E-state index is 11.3. The van der Waals surface area contributed by atoms with Crippen LogP contribution in [-0.4, -0.2) is 42.7 Å². The van der Waals surface area contributed by atoms with Gasteiger partial charge >= 0.3 is 0 Å². The van der Waals surface area contributed by atoms with Crippen LogP contribution >= 0.6 is 0 Å². The van der Waals surface area contributed by atoms with Gasteiger partial charge < -0.3 is 20.5 Å². The topological polar surface area (TPSA) is 139 Å². The predicted octanol–water partition coefficient (Wildman–Crippen LogP) is 1.59. The van der Waals surface area contributed by atoms with Gasteiger partial charge in [0.2, 0.25) is 21.9 Å². The third-order valence-electron chi connectivity index (χ3n) is 4.34. The molecule has 1 saturated carbocycles. The zero-order valence-electron chi connectivity index (χ0n) is 14.9. The summed E-state index contributed by atoms with van der Waals surface area (Å²) in [5.41, 5.74) is 1.25. The number of aliphatic hydroxyl groups is 1. The van der Waals surface area contributed by atoms with E-state index in [0.717, 1.165) is 19.3 Å². The first-order chi connectivity index (χ1) is 12.8. The second kappa shape index (κ2) is 8.07. The Morgan fingerprint density at radius 1 is 1.26 bits per heavy atom. The van der Waals surface area contributed by atoms with Crippen LogP contribution in [0, 0.1) is 0 Å². The Hall–Kier alpha value is -2.43. The largest absolute Gasteiger partial charge is 0.473 e. The summed E-state index contributed by atoms with van der Waals surface area (Å²) in [4.78, 5) is 8.65. The molecule has 3 rings (SSSR count). The number of rotatable bonds is 6. The Labute approximate surface area is 158 Å². The van der Waals surface area contributed by atoms with Gasteiger partial charge in [0.25, 0.3) is 0 Å². The zero-order chi connectivity index (χ0) is 19.4. The highest BCUT2D eigenvalue weighted by atomic mass is 32.2. The molecule has 2 atom stereocenters. The molecule has 0 saturated heterocycles. The number of benzene rings is 1. The van der Waals surface area contributed by atoms with Crippen molar-refractivity contribution in [1.82, 2.24) is 9.97 Å². The number of aromatic nitrogens is 2. The van der Waals surface area contributed by atoms with Crippen molar-refractivity contribution in [2.24, 2.45) is 5.14 Å². The third kappa shape index (κ3) is 5.06. The molecule has 0 spiro atoms. The number of primary sulfonamides is 1.